The molecule has 3 rings (SSSR count). The third-order valence-corrected chi connectivity index (χ3v) is 5.55. The van der Waals surface area contributed by atoms with Crippen molar-refractivity contribution in [2.24, 2.45) is 0 Å². The Bertz CT molecular complexity index is 496. The first-order valence-corrected chi connectivity index (χ1v) is 9.05. The summed E-state index contributed by atoms with van der Waals surface area (Å²) in [6, 6.07) is 10.8. The van der Waals surface area contributed by atoms with Crippen LogP contribution >= 0.6 is 0 Å². The molecule has 0 amide bonds. The standard InChI is InChI=1S/C20H30N2O/c1-2-12-21-13-15-22(16-14-21)19-10-6-7-11-20(19,23)17-18-8-4-3-5-9-18/h2-5,8-9,19,23H,1,6-7,10-17H2. The summed E-state index contributed by atoms with van der Waals surface area (Å²) in [6.45, 7) is 9.12. The summed E-state index contributed by atoms with van der Waals surface area (Å²) in [5.41, 5.74) is 0.687. The first kappa shape index (κ1) is 16.7. The summed E-state index contributed by atoms with van der Waals surface area (Å²) in [5.74, 6) is 0. The van der Waals surface area contributed by atoms with E-state index in [0.29, 0.717) is 6.04 Å². The van der Waals surface area contributed by atoms with Crippen molar-refractivity contribution < 1.29 is 5.11 Å². The van der Waals surface area contributed by atoms with Gasteiger partial charge in [0.15, 0.2) is 0 Å². The van der Waals surface area contributed by atoms with Gasteiger partial charge in [-0.1, -0.05) is 49.2 Å². The fraction of sp³-hybridized carbons (Fsp3) is 0.600. The Labute approximate surface area is 140 Å². The predicted octanol–water partition coefficient (Wildman–Crippen LogP) is 2.71. The molecule has 1 N–H and O–H groups in total. The molecule has 126 valence electrons. The fourth-order valence-electron chi connectivity index (χ4n) is 4.32. The maximum absolute atomic E-state index is 11.4. The first-order chi connectivity index (χ1) is 11.2. The van der Waals surface area contributed by atoms with Gasteiger partial charge in [-0.05, 0) is 18.4 Å². The van der Waals surface area contributed by atoms with Crippen LogP contribution in [0.15, 0.2) is 43.0 Å². The van der Waals surface area contributed by atoms with Crippen LogP contribution in [0.25, 0.3) is 0 Å². The number of benzene rings is 1. The van der Waals surface area contributed by atoms with Gasteiger partial charge in [0.2, 0.25) is 0 Å². The number of hydrogen-bond donors (Lipinski definition) is 1. The van der Waals surface area contributed by atoms with Crippen LogP contribution < -0.4 is 0 Å². The molecule has 3 heteroatoms. The van der Waals surface area contributed by atoms with Crippen molar-refractivity contribution in [3.05, 3.63) is 48.6 Å². The molecule has 1 heterocycles. The Morgan fingerprint density at radius 1 is 1.13 bits per heavy atom. The highest BCUT2D eigenvalue weighted by atomic mass is 16.3. The highest BCUT2D eigenvalue weighted by Crippen LogP contribution is 2.35. The van der Waals surface area contributed by atoms with Crippen LogP contribution in [0.2, 0.25) is 0 Å². The molecule has 1 aliphatic carbocycles. The Kier molecular flexibility index (Phi) is 5.52. The summed E-state index contributed by atoms with van der Waals surface area (Å²) < 4.78 is 0. The second-order valence-corrected chi connectivity index (χ2v) is 7.15. The lowest BCUT2D eigenvalue weighted by Crippen LogP contribution is -2.60. The van der Waals surface area contributed by atoms with Gasteiger partial charge in [0, 0.05) is 45.2 Å². The summed E-state index contributed by atoms with van der Waals surface area (Å²) in [6.07, 6.45) is 7.22. The molecule has 2 fully saturated rings. The molecular formula is C20H30N2O. The predicted molar refractivity (Wildman–Crippen MR) is 95.6 cm³/mol. The highest BCUT2D eigenvalue weighted by molar-refractivity contribution is 5.18. The summed E-state index contributed by atoms with van der Waals surface area (Å²) in [5, 5.41) is 11.4. The average molecular weight is 314 g/mol. The normalized spacial score (nSPS) is 30.2. The van der Waals surface area contributed by atoms with Crippen molar-refractivity contribution in [3.63, 3.8) is 0 Å². The molecule has 1 aliphatic heterocycles. The van der Waals surface area contributed by atoms with Gasteiger partial charge in [0.25, 0.3) is 0 Å². The minimum atomic E-state index is -0.569. The number of rotatable bonds is 5. The van der Waals surface area contributed by atoms with E-state index in [0.717, 1.165) is 58.4 Å². The van der Waals surface area contributed by atoms with E-state index in [1.54, 1.807) is 0 Å². The van der Waals surface area contributed by atoms with Gasteiger partial charge in [0.1, 0.15) is 0 Å². The summed E-state index contributed by atoms with van der Waals surface area (Å²) in [4.78, 5) is 4.99. The minimum Gasteiger partial charge on any atom is -0.388 e. The zero-order chi connectivity index (χ0) is 16.1. The fourth-order valence-corrected chi connectivity index (χ4v) is 4.32. The Balaban J connectivity index is 1.67. The third kappa shape index (κ3) is 4.03. The van der Waals surface area contributed by atoms with Gasteiger partial charge in [-0.3, -0.25) is 9.80 Å². The van der Waals surface area contributed by atoms with E-state index in [-0.39, 0.29) is 0 Å². The Morgan fingerprint density at radius 3 is 2.57 bits per heavy atom. The second-order valence-electron chi connectivity index (χ2n) is 7.15. The molecule has 2 aliphatic rings. The SMILES string of the molecule is C=CCN1CCN(C2CCCCC2(O)Cc2ccccc2)CC1. The molecule has 0 bridgehead atoms. The van der Waals surface area contributed by atoms with Crippen LogP contribution in [-0.2, 0) is 6.42 Å². The molecule has 1 aromatic rings. The number of hydrogen-bond acceptors (Lipinski definition) is 3. The lowest BCUT2D eigenvalue weighted by atomic mass is 9.75. The Hall–Kier alpha value is -1.16. The maximum atomic E-state index is 11.4. The lowest BCUT2D eigenvalue weighted by Gasteiger charge is -2.48. The lowest BCUT2D eigenvalue weighted by molar-refractivity contribution is -0.0829. The molecule has 3 nitrogen and oxygen atoms in total. The van der Waals surface area contributed by atoms with E-state index in [2.05, 4.69) is 40.6 Å². The molecular weight excluding hydrogens is 284 g/mol. The van der Waals surface area contributed by atoms with Crippen molar-refractivity contribution in [1.29, 1.82) is 0 Å². The van der Waals surface area contributed by atoms with Crippen LogP contribution in [0.4, 0.5) is 0 Å². The van der Waals surface area contributed by atoms with Crippen molar-refractivity contribution >= 4 is 0 Å². The van der Waals surface area contributed by atoms with Gasteiger partial charge >= 0.3 is 0 Å². The van der Waals surface area contributed by atoms with Crippen LogP contribution in [0.3, 0.4) is 0 Å². The van der Waals surface area contributed by atoms with Gasteiger partial charge in [-0.25, -0.2) is 0 Å². The van der Waals surface area contributed by atoms with E-state index in [4.69, 9.17) is 0 Å². The molecule has 1 saturated heterocycles. The van der Waals surface area contributed by atoms with Crippen molar-refractivity contribution in [1.82, 2.24) is 9.80 Å². The molecule has 0 radical (unpaired) electrons. The van der Waals surface area contributed by atoms with Gasteiger partial charge < -0.3 is 5.11 Å². The summed E-state index contributed by atoms with van der Waals surface area (Å²) in [7, 11) is 0. The van der Waals surface area contributed by atoms with Crippen LogP contribution in [-0.4, -0.2) is 59.3 Å². The molecule has 2 atom stereocenters. The minimum absolute atomic E-state index is 0.308. The van der Waals surface area contributed by atoms with Crippen molar-refractivity contribution in [3.8, 4) is 0 Å². The second kappa shape index (κ2) is 7.61. The maximum Gasteiger partial charge on any atom is 0.0842 e. The first-order valence-electron chi connectivity index (χ1n) is 9.05. The largest absolute Gasteiger partial charge is 0.388 e. The van der Waals surface area contributed by atoms with E-state index in [9.17, 15) is 5.11 Å². The number of aliphatic hydroxyl groups is 1. The van der Waals surface area contributed by atoms with Crippen molar-refractivity contribution in [2.75, 3.05) is 32.7 Å². The van der Waals surface area contributed by atoms with Gasteiger partial charge in [-0.2, -0.15) is 0 Å². The Morgan fingerprint density at radius 2 is 1.87 bits per heavy atom. The number of piperazine rings is 1. The quantitative estimate of drug-likeness (QED) is 0.847. The molecule has 0 spiro atoms. The zero-order valence-electron chi connectivity index (χ0n) is 14.2. The van der Waals surface area contributed by atoms with E-state index < -0.39 is 5.60 Å². The smallest absolute Gasteiger partial charge is 0.0842 e. The average Bonchev–Trinajstić information content (AvgIpc) is 2.57. The topological polar surface area (TPSA) is 26.7 Å². The van der Waals surface area contributed by atoms with Crippen molar-refractivity contribution in [2.45, 2.75) is 43.7 Å². The van der Waals surface area contributed by atoms with Crippen LogP contribution in [0.5, 0.6) is 0 Å². The molecule has 1 saturated carbocycles. The van der Waals surface area contributed by atoms with Crippen LogP contribution in [0.1, 0.15) is 31.2 Å². The molecule has 1 aromatic carbocycles. The third-order valence-electron chi connectivity index (χ3n) is 5.55. The highest BCUT2D eigenvalue weighted by Gasteiger charge is 2.42. The zero-order valence-corrected chi connectivity index (χ0v) is 14.2. The molecule has 2 unspecified atom stereocenters. The van der Waals surface area contributed by atoms with E-state index in [1.165, 1.54) is 12.0 Å². The van der Waals surface area contributed by atoms with E-state index >= 15 is 0 Å². The number of nitrogens with zero attached hydrogens (tertiary/aromatic N) is 2. The van der Waals surface area contributed by atoms with Crippen LogP contribution in [0, 0.1) is 0 Å². The summed E-state index contributed by atoms with van der Waals surface area (Å²) >= 11 is 0. The molecule has 23 heavy (non-hydrogen) atoms. The van der Waals surface area contributed by atoms with E-state index in [1.807, 2.05) is 12.1 Å². The van der Waals surface area contributed by atoms with Gasteiger partial charge in [0.05, 0.1) is 5.60 Å². The molecule has 0 aromatic heterocycles. The monoisotopic (exact) mass is 314 g/mol. The van der Waals surface area contributed by atoms with Gasteiger partial charge in [-0.15, -0.1) is 6.58 Å².